The van der Waals surface area contributed by atoms with Gasteiger partial charge in [-0.25, -0.2) is 4.79 Å². The van der Waals surface area contributed by atoms with Crippen molar-refractivity contribution in [1.29, 1.82) is 0 Å². The quantitative estimate of drug-likeness (QED) is 0.824. The fourth-order valence-electron chi connectivity index (χ4n) is 3.22. The van der Waals surface area contributed by atoms with E-state index in [0.29, 0.717) is 24.6 Å². The van der Waals surface area contributed by atoms with Gasteiger partial charge in [-0.1, -0.05) is 25.0 Å². The minimum Gasteiger partial charge on any atom is -0.478 e. The zero-order valence-corrected chi connectivity index (χ0v) is 10.8. The molecule has 100 valence electrons. The number of nitrogens with zero attached hydrogens (tertiary/aromatic N) is 1. The summed E-state index contributed by atoms with van der Waals surface area (Å²) in [6, 6.07) is 0.425. The molecule has 0 radical (unpaired) electrons. The molecule has 0 unspecified atom stereocenters. The minimum atomic E-state index is -0.966. The van der Waals surface area contributed by atoms with E-state index in [0.717, 1.165) is 18.4 Å². The smallest absolute Gasteiger partial charge is 0.334 e. The summed E-state index contributed by atoms with van der Waals surface area (Å²) in [6.45, 7) is 0.360. The molecule has 1 saturated carbocycles. The van der Waals surface area contributed by atoms with Crippen molar-refractivity contribution in [2.75, 3.05) is 6.54 Å². The van der Waals surface area contributed by atoms with E-state index in [2.05, 4.69) is 4.90 Å². The van der Waals surface area contributed by atoms with Gasteiger partial charge in [-0.2, -0.15) is 0 Å². The lowest BCUT2D eigenvalue weighted by atomic mass is 9.87. The topological polar surface area (TPSA) is 57.6 Å². The standard InChI is InChI=1S/C15H17NO3/c17-13-7-3-4-10-8-16(11-5-1-2-6-11)9-12(14(10)13)15(18)19/h3-4,8,11H,1-2,5-7,9H2,(H,18,19). The summed E-state index contributed by atoms with van der Waals surface area (Å²) < 4.78 is 0. The number of rotatable bonds is 2. The Morgan fingerprint density at radius 2 is 2.05 bits per heavy atom. The van der Waals surface area contributed by atoms with Gasteiger partial charge in [0.15, 0.2) is 5.78 Å². The molecular weight excluding hydrogens is 242 g/mol. The molecular formula is C15H17NO3. The molecule has 3 aliphatic rings. The van der Waals surface area contributed by atoms with E-state index in [1.165, 1.54) is 12.8 Å². The van der Waals surface area contributed by atoms with E-state index in [9.17, 15) is 14.7 Å². The van der Waals surface area contributed by atoms with E-state index in [4.69, 9.17) is 0 Å². The Kier molecular flexibility index (Phi) is 3.01. The van der Waals surface area contributed by atoms with Gasteiger partial charge in [0.2, 0.25) is 0 Å². The fraction of sp³-hybridized carbons (Fsp3) is 0.467. The van der Waals surface area contributed by atoms with Gasteiger partial charge in [0.25, 0.3) is 0 Å². The molecule has 1 fully saturated rings. The van der Waals surface area contributed by atoms with Crippen LogP contribution in [0.15, 0.2) is 35.1 Å². The van der Waals surface area contributed by atoms with Crippen molar-refractivity contribution >= 4 is 11.8 Å². The summed E-state index contributed by atoms with van der Waals surface area (Å²) in [5.74, 6) is -1.04. The lowest BCUT2D eigenvalue weighted by Crippen LogP contribution is -2.36. The summed E-state index contributed by atoms with van der Waals surface area (Å²) in [5, 5.41) is 9.37. The number of carboxylic acid groups (broad SMARTS) is 1. The maximum atomic E-state index is 11.9. The highest BCUT2D eigenvalue weighted by Gasteiger charge is 2.32. The van der Waals surface area contributed by atoms with Crippen LogP contribution in [-0.2, 0) is 9.59 Å². The highest BCUT2D eigenvalue weighted by molar-refractivity contribution is 6.09. The molecule has 1 aliphatic heterocycles. The van der Waals surface area contributed by atoms with Crippen LogP contribution in [0.4, 0.5) is 0 Å². The van der Waals surface area contributed by atoms with Crippen LogP contribution in [0.3, 0.4) is 0 Å². The number of carbonyl (C=O) groups is 2. The van der Waals surface area contributed by atoms with Gasteiger partial charge in [-0.15, -0.1) is 0 Å². The number of carbonyl (C=O) groups excluding carboxylic acids is 1. The molecule has 1 heterocycles. The lowest BCUT2D eigenvalue weighted by Gasteiger charge is -2.33. The van der Waals surface area contributed by atoms with Crippen molar-refractivity contribution in [2.24, 2.45) is 0 Å². The molecule has 0 aromatic rings. The Balaban J connectivity index is 1.99. The Morgan fingerprint density at radius 3 is 2.74 bits per heavy atom. The number of ketones is 1. The first kappa shape index (κ1) is 12.2. The predicted molar refractivity (Wildman–Crippen MR) is 70.5 cm³/mol. The first-order valence-corrected chi connectivity index (χ1v) is 6.81. The zero-order chi connectivity index (χ0) is 13.4. The van der Waals surface area contributed by atoms with Gasteiger partial charge in [0.1, 0.15) is 0 Å². The van der Waals surface area contributed by atoms with E-state index < -0.39 is 5.97 Å². The molecule has 2 aliphatic carbocycles. The van der Waals surface area contributed by atoms with Crippen LogP contribution < -0.4 is 0 Å². The molecule has 19 heavy (non-hydrogen) atoms. The average Bonchev–Trinajstić information content (AvgIpc) is 2.91. The molecule has 0 spiro atoms. The van der Waals surface area contributed by atoms with Gasteiger partial charge < -0.3 is 10.0 Å². The van der Waals surface area contributed by atoms with Gasteiger partial charge in [-0.05, 0) is 12.8 Å². The van der Waals surface area contributed by atoms with Crippen LogP contribution in [0.5, 0.6) is 0 Å². The minimum absolute atomic E-state index is 0.0720. The van der Waals surface area contributed by atoms with Crippen LogP contribution >= 0.6 is 0 Å². The Hall–Kier alpha value is -1.84. The zero-order valence-electron chi connectivity index (χ0n) is 10.8. The van der Waals surface area contributed by atoms with Crippen molar-refractivity contribution in [1.82, 2.24) is 4.90 Å². The van der Waals surface area contributed by atoms with Crippen LogP contribution in [0.25, 0.3) is 0 Å². The Morgan fingerprint density at radius 1 is 1.32 bits per heavy atom. The number of Topliss-reactive ketones (excluding diaryl/α,β-unsaturated/α-hetero) is 1. The van der Waals surface area contributed by atoms with E-state index in [1.54, 1.807) is 0 Å². The van der Waals surface area contributed by atoms with Gasteiger partial charge >= 0.3 is 5.97 Å². The van der Waals surface area contributed by atoms with Gasteiger partial charge in [0, 0.05) is 29.8 Å². The van der Waals surface area contributed by atoms with Crippen molar-refractivity contribution in [2.45, 2.75) is 38.1 Å². The summed E-state index contributed by atoms with van der Waals surface area (Å²) in [5.41, 5.74) is 1.45. The highest BCUT2D eigenvalue weighted by Crippen LogP contribution is 2.33. The third kappa shape index (κ3) is 2.11. The molecule has 0 atom stereocenters. The number of aliphatic carboxylic acids is 1. The monoisotopic (exact) mass is 259 g/mol. The Bertz CT molecular complexity index is 522. The van der Waals surface area contributed by atoms with Crippen LogP contribution in [0.2, 0.25) is 0 Å². The molecule has 4 heteroatoms. The maximum Gasteiger partial charge on any atom is 0.334 e. The van der Waals surface area contributed by atoms with E-state index in [-0.39, 0.29) is 11.4 Å². The SMILES string of the molecule is O=C(O)C1=C2C(=O)CC=CC2=CN(C2CCCC2)C1. The third-order valence-corrected chi connectivity index (χ3v) is 4.17. The number of allylic oxidation sites excluding steroid dienone is 4. The predicted octanol–water partition coefficient (Wildman–Crippen LogP) is 2.04. The Labute approximate surface area is 112 Å². The van der Waals surface area contributed by atoms with Crippen molar-refractivity contribution in [3.05, 3.63) is 35.1 Å². The number of fused-ring (bicyclic) bond motifs is 1. The maximum absolute atomic E-state index is 11.9. The molecule has 1 N–H and O–H groups in total. The second-order valence-corrected chi connectivity index (χ2v) is 5.38. The van der Waals surface area contributed by atoms with Crippen molar-refractivity contribution < 1.29 is 14.7 Å². The van der Waals surface area contributed by atoms with Crippen molar-refractivity contribution in [3.63, 3.8) is 0 Å². The molecule has 0 aromatic heterocycles. The largest absolute Gasteiger partial charge is 0.478 e. The normalized spacial score (nSPS) is 23.7. The molecule has 4 nitrogen and oxygen atoms in total. The number of hydrogen-bond donors (Lipinski definition) is 1. The fourth-order valence-corrected chi connectivity index (χ4v) is 3.22. The number of hydrogen-bond acceptors (Lipinski definition) is 3. The average molecular weight is 259 g/mol. The third-order valence-electron chi connectivity index (χ3n) is 4.17. The second kappa shape index (κ2) is 4.68. The van der Waals surface area contributed by atoms with E-state index in [1.807, 2.05) is 18.4 Å². The second-order valence-electron chi connectivity index (χ2n) is 5.38. The number of carboxylic acids is 1. The molecule has 0 bridgehead atoms. The first-order chi connectivity index (χ1) is 9.16. The lowest BCUT2D eigenvalue weighted by molar-refractivity contribution is -0.133. The van der Waals surface area contributed by atoms with Gasteiger partial charge in [0.05, 0.1) is 12.1 Å². The molecule has 0 saturated heterocycles. The summed E-state index contributed by atoms with van der Waals surface area (Å²) in [4.78, 5) is 25.5. The molecule has 3 rings (SSSR count). The van der Waals surface area contributed by atoms with Crippen LogP contribution in [-0.4, -0.2) is 34.3 Å². The summed E-state index contributed by atoms with van der Waals surface area (Å²) >= 11 is 0. The van der Waals surface area contributed by atoms with Crippen LogP contribution in [0, 0.1) is 0 Å². The first-order valence-electron chi connectivity index (χ1n) is 6.81. The summed E-state index contributed by atoms with van der Waals surface area (Å²) in [6.07, 6.45) is 10.6. The van der Waals surface area contributed by atoms with Gasteiger partial charge in [-0.3, -0.25) is 4.79 Å². The highest BCUT2D eigenvalue weighted by atomic mass is 16.4. The van der Waals surface area contributed by atoms with E-state index >= 15 is 0 Å². The molecule has 0 aromatic carbocycles. The molecule has 0 amide bonds. The summed E-state index contributed by atoms with van der Waals surface area (Å²) in [7, 11) is 0. The van der Waals surface area contributed by atoms with Crippen molar-refractivity contribution in [3.8, 4) is 0 Å². The van der Waals surface area contributed by atoms with Crippen LogP contribution in [0.1, 0.15) is 32.1 Å².